The van der Waals surface area contributed by atoms with Gasteiger partial charge in [-0.3, -0.25) is 0 Å². The third kappa shape index (κ3) is 2.15. The van der Waals surface area contributed by atoms with Crippen molar-refractivity contribution in [2.45, 2.75) is 6.04 Å². The van der Waals surface area contributed by atoms with Crippen LogP contribution >= 0.6 is 11.3 Å². The summed E-state index contributed by atoms with van der Waals surface area (Å²) in [6.07, 6.45) is 2.14. The van der Waals surface area contributed by atoms with Gasteiger partial charge in [-0.1, -0.05) is 23.3 Å². The number of aromatic nitrogens is 4. The summed E-state index contributed by atoms with van der Waals surface area (Å²) < 4.78 is 6.99. The minimum absolute atomic E-state index is 0.0470. The van der Waals surface area contributed by atoms with E-state index in [-0.39, 0.29) is 6.04 Å². The fraction of sp³-hybridized carbons (Fsp3) is 0.133. The van der Waals surface area contributed by atoms with Crippen molar-refractivity contribution in [1.82, 2.24) is 20.2 Å². The highest BCUT2D eigenvalue weighted by Crippen LogP contribution is 2.33. The molecule has 110 valence electrons. The molecule has 7 heteroatoms. The predicted octanol–water partition coefficient (Wildman–Crippen LogP) is 2.80. The van der Waals surface area contributed by atoms with Crippen molar-refractivity contribution in [2.75, 3.05) is 12.4 Å². The lowest BCUT2D eigenvalue weighted by atomic mass is 10.0. The van der Waals surface area contributed by atoms with Crippen molar-refractivity contribution in [3.8, 4) is 5.75 Å². The molecule has 1 aromatic carbocycles. The quantitative estimate of drug-likeness (QED) is 0.806. The third-order valence-electron chi connectivity index (χ3n) is 3.57. The van der Waals surface area contributed by atoms with E-state index in [1.165, 1.54) is 0 Å². The molecule has 0 fully saturated rings. The average molecular weight is 311 g/mol. The lowest BCUT2D eigenvalue weighted by molar-refractivity contribution is 0.414. The number of nitrogens with one attached hydrogen (secondary N) is 1. The number of tetrazole rings is 1. The zero-order valence-corrected chi connectivity index (χ0v) is 12.6. The number of methoxy groups -OCH3 is 1. The molecule has 1 aliphatic rings. The molecule has 22 heavy (non-hydrogen) atoms. The van der Waals surface area contributed by atoms with Gasteiger partial charge in [0, 0.05) is 0 Å². The van der Waals surface area contributed by atoms with Crippen LogP contribution in [0.25, 0.3) is 5.70 Å². The molecule has 2 aromatic heterocycles. The molecule has 0 aliphatic carbocycles. The van der Waals surface area contributed by atoms with E-state index in [9.17, 15) is 0 Å². The van der Waals surface area contributed by atoms with Crippen LogP contribution in [0.2, 0.25) is 0 Å². The Bertz CT molecular complexity index is 807. The highest BCUT2D eigenvalue weighted by Gasteiger charge is 2.24. The Kier molecular flexibility index (Phi) is 3.12. The standard InChI is InChI=1S/C15H13N5OS/c1-21-11-6-4-10(5-7-11)13-9-12(14-3-2-8-22-14)16-15-17-18-19-20(13)15/h2-9,13H,1H3,(H,16,17,19). The summed E-state index contributed by atoms with van der Waals surface area (Å²) in [6.45, 7) is 0. The van der Waals surface area contributed by atoms with Crippen LogP contribution in [0.15, 0.2) is 47.9 Å². The van der Waals surface area contributed by atoms with E-state index >= 15 is 0 Å². The molecule has 6 nitrogen and oxygen atoms in total. The fourth-order valence-electron chi connectivity index (χ4n) is 2.47. The maximum atomic E-state index is 5.22. The smallest absolute Gasteiger partial charge is 0.248 e. The lowest BCUT2D eigenvalue weighted by Crippen LogP contribution is -2.19. The first-order chi connectivity index (χ1) is 10.8. The fourth-order valence-corrected chi connectivity index (χ4v) is 3.17. The second-order valence-corrected chi connectivity index (χ2v) is 5.80. The second-order valence-electron chi connectivity index (χ2n) is 4.85. The van der Waals surface area contributed by atoms with Crippen LogP contribution in [-0.2, 0) is 0 Å². The van der Waals surface area contributed by atoms with Crippen molar-refractivity contribution < 1.29 is 4.74 Å². The van der Waals surface area contributed by atoms with Crippen LogP contribution in [0, 0.1) is 0 Å². The van der Waals surface area contributed by atoms with Crippen LogP contribution in [0.5, 0.6) is 5.75 Å². The van der Waals surface area contributed by atoms with Crippen molar-refractivity contribution in [2.24, 2.45) is 0 Å². The number of thiophene rings is 1. The molecule has 0 saturated heterocycles. The Morgan fingerprint density at radius 1 is 1.23 bits per heavy atom. The van der Waals surface area contributed by atoms with E-state index in [2.05, 4.69) is 38.4 Å². The maximum absolute atomic E-state index is 5.22. The molecule has 4 rings (SSSR count). The molecular weight excluding hydrogens is 298 g/mol. The number of hydrogen-bond acceptors (Lipinski definition) is 6. The summed E-state index contributed by atoms with van der Waals surface area (Å²) in [6, 6.07) is 12.0. The van der Waals surface area contributed by atoms with Gasteiger partial charge in [0.1, 0.15) is 11.8 Å². The summed E-state index contributed by atoms with van der Waals surface area (Å²) in [5.74, 6) is 1.48. The molecule has 0 spiro atoms. The number of benzene rings is 1. The second kappa shape index (κ2) is 5.27. The average Bonchev–Trinajstić information content (AvgIpc) is 3.25. The van der Waals surface area contributed by atoms with Crippen LogP contribution < -0.4 is 10.1 Å². The molecule has 0 radical (unpaired) electrons. The van der Waals surface area contributed by atoms with E-state index < -0.39 is 0 Å². The molecule has 1 N–H and O–H groups in total. The number of nitrogens with zero attached hydrogens (tertiary/aromatic N) is 4. The zero-order valence-electron chi connectivity index (χ0n) is 11.8. The minimum Gasteiger partial charge on any atom is -0.497 e. The van der Waals surface area contributed by atoms with Crippen molar-refractivity contribution >= 4 is 23.0 Å². The summed E-state index contributed by atoms with van der Waals surface area (Å²) in [4.78, 5) is 1.16. The first kappa shape index (κ1) is 13.0. The van der Waals surface area contributed by atoms with Crippen LogP contribution in [0.1, 0.15) is 16.5 Å². The van der Waals surface area contributed by atoms with Gasteiger partial charge in [0.2, 0.25) is 5.95 Å². The minimum atomic E-state index is -0.0470. The number of rotatable bonds is 3. The SMILES string of the molecule is COc1ccc(C2C=C(c3cccs3)Nc3nnnn32)cc1. The van der Waals surface area contributed by atoms with Gasteiger partial charge in [-0.2, -0.15) is 4.68 Å². The Labute approximate surface area is 131 Å². The number of ether oxygens (including phenoxy) is 1. The Morgan fingerprint density at radius 2 is 2.09 bits per heavy atom. The van der Waals surface area contributed by atoms with Gasteiger partial charge in [0.25, 0.3) is 0 Å². The van der Waals surface area contributed by atoms with Gasteiger partial charge in [0.15, 0.2) is 0 Å². The third-order valence-corrected chi connectivity index (χ3v) is 4.47. The molecule has 3 aromatic rings. The van der Waals surface area contributed by atoms with E-state index in [0.29, 0.717) is 5.95 Å². The first-order valence-corrected chi connectivity index (χ1v) is 7.67. The molecule has 1 aliphatic heterocycles. The summed E-state index contributed by atoms with van der Waals surface area (Å²) in [7, 11) is 1.66. The summed E-state index contributed by atoms with van der Waals surface area (Å²) in [5, 5.41) is 17.3. The normalized spacial score (nSPS) is 16.6. The topological polar surface area (TPSA) is 64.9 Å². The number of fused-ring (bicyclic) bond motifs is 1. The van der Waals surface area contributed by atoms with E-state index in [0.717, 1.165) is 21.9 Å². The van der Waals surface area contributed by atoms with Gasteiger partial charge < -0.3 is 10.1 Å². The molecule has 1 atom stereocenters. The summed E-state index contributed by atoms with van der Waals surface area (Å²) >= 11 is 1.68. The molecular formula is C15H13N5OS. The molecule has 0 amide bonds. The van der Waals surface area contributed by atoms with Crippen LogP contribution in [0.3, 0.4) is 0 Å². The molecule has 0 saturated carbocycles. The Balaban J connectivity index is 1.78. The number of allylic oxidation sites excluding steroid dienone is 1. The van der Waals surface area contributed by atoms with E-state index in [4.69, 9.17) is 4.74 Å². The number of hydrogen-bond donors (Lipinski definition) is 1. The van der Waals surface area contributed by atoms with Gasteiger partial charge in [-0.25, -0.2) is 0 Å². The van der Waals surface area contributed by atoms with Gasteiger partial charge in [-0.15, -0.1) is 11.3 Å². The maximum Gasteiger partial charge on any atom is 0.248 e. The van der Waals surface area contributed by atoms with Crippen molar-refractivity contribution in [1.29, 1.82) is 0 Å². The monoisotopic (exact) mass is 311 g/mol. The summed E-state index contributed by atoms with van der Waals surface area (Å²) in [5.41, 5.74) is 2.13. The molecule has 3 heterocycles. The number of anilines is 1. The van der Waals surface area contributed by atoms with Crippen LogP contribution in [-0.4, -0.2) is 27.3 Å². The highest BCUT2D eigenvalue weighted by molar-refractivity contribution is 7.11. The van der Waals surface area contributed by atoms with Gasteiger partial charge in [0.05, 0.1) is 17.7 Å². The zero-order chi connectivity index (χ0) is 14.9. The van der Waals surface area contributed by atoms with E-state index in [1.54, 1.807) is 23.1 Å². The largest absolute Gasteiger partial charge is 0.497 e. The Morgan fingerprint density at radius 3 is 2.82 bits per heavy atom. The lowest BCUT2D eigenvalue weighted by Gasteiger charge is -2.22. The highest BCUT2D eigenvalue weighted by atomic mass is 32.1. The molecule has 0 bridgehead atoms. The molecule has 1 unspecified atom stereocenters. The van der Waals surface area contributed by atoms with Gasteiger partial charge >= 0.3 is 0 Å². The predicted molar refractivity (Wildman–Crippen MR) is 84.9 cm³/mol. The van der Waals surface area contributed by atoms with E-state index in [1.807, 2.05) is 30.3 Å². The first-order valence-electron chi connectivity index (χ1n) is 6.80. The van der Waals surface area contributed by atoms with Crippen LogP contribution in [0.4, 0.5) is 5.95 Å². The van der Waals surface area contributed by atoms with Crippen molar-refractivity contribution in [3.63, 3.8) is 0 Å². The Hall–Kier alpha value is -2.67. The van der Waals surface area contributed by atoms with Crippen molar-refractivity contribution in [3.05, 3.63) is 58.3 Å². The van der Waals surface area contributed by atoms with Gasteiger partial charge in [-0.05, 0) is 45.6 Å².